The van der Waals surface area contributed by atoms with Crippen LogP contribution < -0.4 is 5.32 Å². The standard InChI is InChI=1S/C11H21NO2.C9H16/c1-7(2)9-5-4-8(3)6-10(9)12-11(13)14;1-7(2)5-8-6-9(8,3)4/h7-10,12H,4-6H2,1-3H3,(H,13,14);5,8H,6H2,1-4H3/t8-,9+,10+;8-/m00/s1. The van der Waals surface area contributed by atoms with E-state index in [0.29, 0.717) is 23.2 Å². The maximum atomic E-state index is 10.6. The van der Waals surface area contributed by atoms with Gasteiger partial charge in [0.1, 0.15) is 0 Å². The fourth-order valence-corrected chi connectivity index (χ4v) is 3.72. The first-order chi connectivity index (χ1) is 10.5. The zero-order valence-corrected chi connectivity index (χ0v) is 16.1. The molecule has 0 saturated heterocycles. The van der Waals surface area contributed by atoms with Crippen LogP contribution >= 0.6 is 0 Å². The number of carbonyl (C=O) groups is 1. The van der Waals surface area contributed by atoms with Gasteiger partial charge in [0.2, 0.25) is 0 Å². The number of nitrogens with one attached hydrogen (secondary N) is 1. The van der Waals surface area contributed by atoms with Crippen molar-refractivity contribution in [3.63, 3.8) is 0 Å². The molecule has 3 heteroatoms. The second-order valence-electron chi connectivity index (χ2n) is 8.93. The van der Waals surface area contributed by atoms with Crippen molar-refractivity contribution in [3.8, 4) is 0 Å². The summed E-state index contributed by atoms with van der Waals surface area (Å²) in [6.07, 6.45) is 6.28. The molecule has 1 amide bonds. The molecule has 0 aromatic heterocycles. The van der Waals surface area contributed by atoms with Crippen LogP contribution in [0.4, 0.5) is 4.79 Å². The summed E-state index contributed by atoms with van der Waals surface area (Å²) >= 11 is 0. The van der Waals surface area contributed by atoms with Gasteiger partial charge in [0.25, 0.3) is 0 Å². The predicted octanol–water partition coefficient (Wildman–Crippen LogP) is 5.71. The molecule has 2 fully saturated rings. The van der Waals surface area contributed by atoms with Crippen molar-refractivity contribution in [1.82, 2.24) is 5.32 Å². The molecule has 0 unspecified atom stereocenters. The number of allylic oxidation sites excluding steroid dienone is 2. The molecule has 3 nitrogen and oxygen atoms in total. The van der Waals surface area contributed by atoms with E-state index in [4.69, 9.17) is 5.11 Å². The van der Waals surface area contributed by atoms with Crippen molar-refractivity contribution < 1.29 is 9.90 Å². The van der Waals surface area contributed by atoms with Crippen LogP contribution in [-0.2, 0) is 0 Å². The van der Waals surface area contributed by atoms with E-state index in [9.17, 15) is 4.79 Å². The van der Waals surface area contributed by atoms with Crippen LogP contribution in [0.25, 0.3) is 0 Å². The lowest BCUT2D eigenvalue weighted by atomic mass is 9.74. The Hall–Kier alpha value is -0.990. The van der Waals surface area contributed by atoms with Gasteiger partial charge in [0.15, 0.2) is 0 Å². The summed E-state index contributed by atoms with van der Waals surface area (Å²) in [7, 11) is 0. The highest BCUT2D eigenvalue weighted by Gasteiger charge is 2.43. The van der Waals surface area contributed by atoms with Crippen LogP contribution in [0.2, 0.25) is 0 Å². The fourth-order valence-electron chi connectivity index (χ4n) is 3.72. The summed E-state index contributed by atoms with van der Waals surface area (Å²) in [4.78, 5) is 10.6. The molecule has 23 heavy (non-hydrogen) atoms. The van der Waals surface area contributed by atoms with Gasteiger partial charge in [-0.15, -0.1) is 0 Å². The van der Waals surface area contributed by atoms with Crippen LogP contribution in [0, 0.1) is 29.1 Å². The largest absolute Gasteiger partial charge is 0.465 e. The first kappa shape index (κ1) is 20.1. The Morgan fingerprint density at radius 1 is 1.26 bits per heavy atom. The highest BCUT2D eigenvalue weighted by molar-refractivity contribution is 5.64. The lowest BCUT2D eigenvalue weighted by Crippen LogP contribution is -2.45. The van der Waals surface area contributed by atoms with E-state index in [1.54, 1.807) is 0 Å². The zero-order valence-electron chi connectivity index (χ0n) is 16.1. The monoisotopic (exact) mass is 323 g/mol. The topological polar surface area (TPSA) is 49.3 Å². The number of hydrogen-bond donors (Lipinski definition) is 2. The van der Waals surface area contributed by atoms with E-state index < -0.39 is 6.09 Å². The summed E-state index contributed by atoms with van der Waals surface area (Å²) in [5.74, 6) is 2.62. The highest BCUT2D eigenvalue weighted by atomic mass is 16.4. The highest BCUT2D eigenvalue weighted by Crippen LogP contribution is 2.52. The predicted molar refractivity (Wildman–Crippen MR) is 97.6 cm³/mol. The number of hydrogen-bond acceptors (Lipinski definition) is 1. The Balaban J connectivity index is 0.000000253. The summed E-state index contributed by atoms with van der Waals surface area (Å²) < 4.78 is 0. The molecule has 2 N–H and O–H groups in total. The third kappa shape index (κ3) is 6.97. The van der Waals surface area contributed by atoms with Gasteiger partial charge in [-0.05, 0) is 62.2 Å². The average Bonchev–Trinajstić information content (AvgIpc) is 2.94. The zero-order chi connectivity index (χ0) is 17.8. The van der Waals surface area contributed by atoms with Crippen molar-refractivity contribution in [2.75, 3.05) is 0 Å². The van der Waals surface area contributed by atoms with Crippen molar-refractivity contribution >= 4 is 6.09 Å². The van der Waals surface area contributed by atoms with Crippen LogP contribution in [-0.4, -0.2) is 17.2 Å². The Bertz CT molecular complexity index is 421. The second-order valence-corrected chi connectivity index (χ2v) is 8.93. The van der Waals surface area contributed by atoms with Crippen molar-refractivity contribution in [3.05, 3.63) is 11.6 Å². The van der Waals surface area contributed by atoms with Gasteiger partial charge in [-0.1, -0.05) is 52.7 Å². The first-order valence-electron chi connectivity index (χ1n) is 9.17. The normalized spacial score (nSPS) is 31.7. The molecule has 2 aliphatic rings. The summed E-state index contributed by atoms with van der Waals surface area (Å²) in [6, 6.07) is 0.163. The van der Waals surface area contributed by atoms with E-state index in [-0.39, 0.29) is 6.04 Å². The van der Waals surface area contributed by atoms with Crippen LogP contribution in [0.3, 0.4) is 0 Å². The number of carboxylic acid groups (broad SMARTS) is 1. The molecule has 0 bridgehead atoms. The quantitative estimate of drug-likeness (QED) is 0.653. The Labute approximate surface area is 142 Å². The maximum absolute atomic E-state index is 10.6. The van der Waals surface area contributed by atoms with Gasteiger partial charge in [0, 0.05) is 6.04 Å². The van der Waals surface area contributed by atoms with Crippen molar-refractivity contribution in [2.24, 2.45) is 29.1 Å². The van der Waals surface area contributed by atoms with E-state index in [1.165, 1.54) is 18.4 Å². The van der Waals surface area contributed by atoms with Gasteiger partial charge in [-0.3, -0.25) is 0 Å². The van der Waals surface area contributed by atoms with Crippen LogP contribution in [0.15, 0.2) is 11.6 Å². The molecule has 0 spiro atoms. The Kier molecular flexibility index (Phi) is 7.16. The van der Waals surface area contributed by atoms with Gasteiger partial charge in [-0.2, -0.15) is 0 Å². The van der Waals surface area contributed by atoms with E-state index in [1.807, 2.05) is 0 Å². The van der Waals surface area contributed by atoms with Gasteiger partial charge in [0.05, 0.1) is 0 Å². The second kappa shape index (κ2) is 8.21. The molecule has 4 atom stereocenters. The minimum absolute atomic E-state index is 0.163. The molecular weight excluding hydrogens is 286 g/mol. The molecule has 0 aromatic rings. The molecule has 2 aliphatic carbocycles. The molecule has 134 valence electrons. The summed E-state index contributed by atoms with van der Waals surface area (Å²) in [5, 5.41) is 11.4. The average molecular weight is 324 g/mol. The minimum atomic E-state index is -0.880. The Morgan fingerprint density at radius 2 is 1.83 bits per heavy atom. The van der Waals surface area contributed by atoms with Crippen molar-refractivity contribution in [1.29, 1.82) is 0 Å². The lowest BCUT2D eigenvalue weighted by Gasteiger charge is -2.37. The van der Waals surface area contributed by atoms with Gasteiger partial charge >= 0.3 is 6.09 Å². The SMILES string of the molecule is CC(C)=C[C@H]1CC1(C)C.CC(C)[C@H]1CC[C@H](C)C[C@H]1NC(=O)O. The van der Waals surface area contributed by atoms with Crippen molar-refractivity contribution in [2.45, 2.75) is 80.2 Å². The maximum Gasteiger partial charge on any atom is 0.404 e. The molecule has 0 radical (unpaired) electrons. The van der Waals surface area contributed by atoms with Gasteiger partial charge < -0.3 is 10.4 Å². The third-order valence-corrected chi connectivity index (χ3v) is 5.46. The minimum Gasteiger partial charge on any atom is -0.465 e. The molecule has 0 aromatic carbocycles. The van der Waals surface area contributed by atoms with Gasteiger partial charge in [-0.25, -0.2) is 4.79 Å². The fraction of sp³-hybridized carbons (Fsp3) is 0.850. The summed E-state index contributed by atoms with van der Waals surface area (Å²) in [6.45, 7) is 15.6. The molecule has 0 heterocycles. The van der Waals surface area contributed by atoms with E-state index in [0.717, 1.165) is 18.8 Å². The molecule has 2 saturated carbocycles. The lowest BCUT2D eigenvalue weighted by molar-refractivity contribution is 0.147. The van der Waals surface area contributed by atoms with E-state index in [2.05, 4.69) is 59.9 Å². The van der Waals surface area contributed by atoms with Crippen LogP contribution in [0.5, 0.6) is 0 Å². The summed E-state index contributed by atoms with van der Waals surface area (Å²) in [5.41, 5.74) is 2.09. The van der Waals surface area contributed by atoms with E-state index >= 15 is 0 Å². The number of amides is 1. The van der Waals surface area contributed by atoms with Crippen LogP contribution in [0.1, 0.15) is 74.1 Å². The Morgan fingerprint density at radius 3 is 2.17 bits per heavy atom. The molecule has 0 aliphatic heterocycles. The molecular formula is C20H37NO2. The number of rotatable bonds is 3. The third-order valence-electron chi connectivity index (χ3n) is 5.46. The smallest absolute Gasteiger partial charge is 0.404 e. The first-order valence-corrected chi connectivity index (χ1v) is 9.17. The molecule has 2 rings (SSSR count).